The molecule has 2 aromatic carbocycles. The molecule has 140 valence electrons. The lowest BCUT2D eigenvalue weighted by atomic mass is 9.87. The Morgan fingerprint density at radius 3 is 2.62 bits per heavy atom. The first-order valence-corrected chi connectivity index (χ1v) is 8.79. The van der Waals surface area contributed by atoms with Crippen molar-refractivity contribution < 1.29 is 14.3 Å². The molecule has 0 fully saturated rings. The Kier molecular flexibility index (Phi) is 6.75. The topological polar surface area (TPSA) is 59.6 Å². The summed E-state index contributed by atoms with van der Waals surface area (Å²) in [4.78, 5) is 12.0. The summed E-state index contributed by atoms with van der Waals surface area (Å²) >= 11 is 5.95. The van der Waals surface area contributed by atoms with Crippen molar-refractivity contribution in [1.82, 2.24) is 5.32 Å². The van der Waals surface area contributed by atoms with Gasteiger partial charge in [0.25, 0.3) is 0 Å². The summed E-state index contributed by atoms with van der Waals surface area (Å²) < 4.78 is 10.9. The minimum absolute atomic E-state index is 0.0630. The molecule has 0 unspecified atom stereocenters. The fraction of sp³-hybridized carbons (Fsp3) is 0.350. The maximum Gasteiger partial charge on any atom is 0.319 e. The van der Waals surface area contributed by atoms with Gasteiger partial charge in [-0.25, -0.2) is 4.79 Å². The molecular weight excluding hydrogens is 352 g/mol. The lowest BCUT2D eigenvalue weighted by molar-refractivity contribution is 0.247. The molecule has 5 nitrogen and oxygen atoms in total. The Balaban J connectivity index is 1.82. The Bertz CT molecular complexity index is 757. The Morgan fingerprint density at radius 2 is 1.92 bits per heavy atom. The van der Waals surface area contributed by atoms with Gasteiger partial charge < -0.3 is 20.1 Å². The number of hydrogen-bond acceptors (Lipinski definition) is 3. The number of ether oxygens (including phenoxy) is 2. The number of carbonyl (C=O) groups is 1. The number of benzene rings is 2. The van der Waals surface area contributed by atoms with E-state index < -0.39 is 0 Å². The van der Waals surface area contributed by atoms with E-state index in [9.17, 15) is 4.79 Å². The quantitative estimate of drug-likeness (QED) is 0.708. The van der Waals surface area contributed by atoms with Crippen LogP contribution in [0.5, 0.6) is 11.5 Å². The van der Waals surface area contributed by atoms with Gasteiger partial charge in [0.15, 0.2) is 0 Å². The molecule has 2 aromatic rings. The summed E-state index contributed by atoms with van der Waals surface area (Å²) in [7, 11) is 1.53. The summed E-state index contributed by atoms with van der Waals surface area (Å²) in [5.74, 6) is 1.33. The van der Waals surface area contributed by atoms with Gasteiger partial charge in [-0.2, -0.15) is 0 Å². The minimum Gasteiger partial charge on any atom is -0.495 e. The molecule has 26 heavy (non-hydrogen) atoms. The molecule has 2 rings (SSSR count). The molecule has 0 bridgehead atoms. The number of halogens is 1. The Morgan fingerprint density at radius 1 is 1.15 bits per heavy atom. The molecule has 2 amide bonds. The molecule has 2 N–H and O–H groups in total. The average molecular weight is 377 g/mol. The number of urea groups is 1. The molecule has 0 spiro atoms. The van der Waals surface area contributed by atoms with Crippen molar-refractivity contribution in [3.63, 3.8) is 0 Å². The maximum atomic E-state index is 12.0. The van der Waals surface area contributed by atoms with Crippen molar-refractivity contribution in [2.24, 2.45) is 0 Å². The van der Waals surface area contributed by atoms with E-state index in [-0.39, 0.29) is 11.4 Å². The van der Waals surface area contributed by atoms with Gasteiger partial charge in [0.05, 0.1) is 19.3 Å². The van der Waals surface area contributed by atoms with Crippen LogP contribution in [0.2, 0.25) is 5.02 Å². The molecule has 0 aliphatic carbocycles. The summed E-state index contributed by atoms with van der Waals surface area (Å²) in [6.07, 6.45) is 0. The second-order valence-electron chi connectivity index (χ2n) is 6.85. The van der Waals surface area contributed by atoms with Crippen molar-refractivity contribution >= 4 is 23.3 Å². The standard InChI is InChI=1S/C20H25ClN2O3/c1-20(2,3)14-6-5-7-16(12-14)26-11-10-22-19(24)23-17-13-15(21)8-9-18(17)25-4/h5-9,12-13H,10-11H2,1-4H3,(H2,22,23,24). The van der Waals surface area contributed by atoms with Gasteiger partial charge in [-0.05, 0) is 41.3 Å². The van der Waals surface area contributed by atoms with Crippen molar-refractivity contribution in [2.75, 3.05) is 25.6 Å². The third-order valence-electron chi connectivity index (χ3n) is 3.77. The highest BCUT2D eigenvalue weighted by atomic mass is 35.5. The highest BCUT2D eigenvalue weighted by molar-refractivity contribution is 6.31. The normalized spacial score (nSPS) is 11.0. The first-order valence-electron chi connectivity index (χ1n) is 8.41. The van der Waals surface area contributed by atoms with E-state index in [1.807, 2.05) is 18.2 Å². The number of nitrogens with one attached hydrogen (secondary N) is 2. The van der Waals surface area contributed by atoms with E-state index in [1.54, 1.807) is 18.2 Å². The van der Waals surface area contributed by atoms with Crippen LogP contribution in [0.3, 0.4) is 0 Å². The highest BCUT2D eigenvalue weighted by Gasteiger charge is 2.14. The van der Waals surface area contributed by atoms with Crippen molar-refractivity contribution in [3.05, 3.63) is 53.1 Å². The minimum atomic E-state index is -0.349. The Hall–Kier alpha value is -2.40. The van der Waals surface area contributed by atoms with Crippen LogP contribution in [0, 0.1) is 0 Å². The van der Waals surface area contributed by atoms with Crippen molar-refractivity contribution in [2.45, 2.75) is 26.2 Å². The molecule has 0 aliphatic rings. The average Bonchev–Trinajstić information content (AvgIpc) is 2.58. The van der Waals surface area contributed by atoms with E-state index in [0.717, 1.165) is 5.75 Å². The SMILES string of the molecule is COc1ccc(Cl)cc1NC(=O)NCCOc1cccc(C(C)(C)C)c1. The molecule has 6 heteroatoms. The van der Waals surface area contributed by atoms with E-state index in [0.29, 0.717) is 29.6 Å². The van der Waals surface area contributed by atoms with Crippen LogP contribution in [0.1, 0.15) is 26.3 Å². The van der Waals surface area contributed by atoms with Crippen LogP contribution in [-0.2, 0) is 5.41 Å². The molecule has 0 aromatic heterocycles. The van der Waals surface area contributed by atoms with Crippen LogP contribution in [0.25, 0.3) is 0 Å². The molecular formula is C20H25ClN2O3. The van der Waals surface area contributed by atoms with E-state index in [2.05, 4.69) is 37.5 Å². The monoisotopic (exact) mass is 376 g/mol. The molecule has 0 atom stereocenters. The van der Waals surface area contributed by atoms with Crippen LogP contribution in [-0.4, -0.2) is 26.3 Å². The van der Waals surface area contributed by atoms with Gasteiger partial charge in [0.2, 0.25) is 0 Å². The first-order chi connectivity index (χ1) is 12.3. The van der Waals surface area contributed by atoms with E-state index in [4.69, 9.17) is 21.1 Å². The molecule has 0 radical (unpaired) electrons. The van der Waals surface area contributed by atoms with Crippen LogP contribution in [0.15, 0.2) is 42.5 Å². The number of amides is 2. The zero-order valence-electron chi connectivity index (χ0n) is 15.6. The zero-order valence-corrected chi connectivity index (χ0v) is 16.3. The van der Waals surface area contributed by atoms with Gasteiger partial charge in [-0.1, -0.05) is 44.5 Å². The molecule has 0 aliphatic heterocycles. The number of methoxy groups -OCH3 is 1. The fourth-order valence-electron chi connectivity index (χ4n) is 2.33. The molecule has 0 saturated carbocycles. The van der Waals surface area contributed by atoms with Crippen molar-refractivity contribution in [1.29, 1.82) is 0 Å². The predicted octanol–water partition coefficient (Wildman–Crippen LogP) is 4.85. The van der Waals surface area contributed by atoms with Crippen LogP contribution < -0.4 is 20.1 Å². The third kappa shape index (κ3) is 5.85. The largest absolute Gasteiger partial charge is 0.495 e. The lowest BCUT2D eigenvalue weighted by Gasteiger charge is -2.19. The van der Waals surface area contributed by atoms with Gasteiger partial charge in [-0.15, -0.1) is 0 Å². The lowest BCUT2D eigenvalue weighted by Crippen LogP contribution is -2.32. The maximum absolute atomic E-state index is 12.0. The van der Waals surface area contributed by atoms with Crippen LogP contribution >= 0.6 is 11.6 Å². The van der Waals surface area contributed by atoms with E-state index in [1.165, 1.54) is 12.7 Å². The number of hydrogen-bond donors (Lipinski definition) is 2. The third-order valence-corrected chi connectivity index (χ3v) is 4.00. The van der Waals surface area contributed by atoms with Gasteiger partial charge >= 0.3 is 6.03 Å². The number of carbonyl (C=O) groups excluding carboxylic acids is 1. The summed E-state index contributed by atoms with van der Waals surface area (Å²) in [6, 6.07) is 12.7. The van der Waals surface area contributed by atoms with Gasteiger partial charge in [0.1, 0.15) is 18.1 Å². The summed E-state index contributed by atoms with van der Waals surface area (Å²) in [5, 5.41) is 5.98. The fourth-order valence-corrected chi connectivity index (χ4v) is 2.50. The number of anilines is 1. The summed E-state index contributed by atoms with van der Waals surface area (Å²) in [5.41, 5.74) is 1.78. The zero-order chi connectivity index (χ0) is 19.2. The van der Waals surface area contributed by atoms with Crippen LogP contribution in [0.4, 0.5) is 10.5 Å². The second kappa shape index (κ2) is 8.81. The van der Waals surface area contributed by atoms with Gasteiger partial charge in [-0.3, -0.25) is 0 Å². The van der Waals surface area contributed by atoms with Gasteiger partial charge in [0, 0.05) is 5.02 Å². The molecule has 0 saturated heterocycles. The summed E-state index contributed by atoms with van der Waals surface area (Å²) in [6.45, 7) is 7.20. The highest BCUT2D eigenvalue weighted by Crippen LogP contribution is 2.27. The predicted molar refractivity (Wildman–Crippen MR) is 106 cm³/mol. The van der Waals surface area contributed by atoms with E-state index >= 15 is 0 Å². The molecule has 0 heterocycles. The Labute approximate surface area is 159 Å². The smallest absolute Gasteiger partial charge is 0.319 e. The van der Waals surface area contributed by atoms with Crippen molar-refractivity contribution in [3.8, 4) is 11.5 Å². The second-order valence-corrected chi connectivity index (χ2v) is 7.29. The first kappa shape index (κ1) is 19.9. The number of rotatable bonds is 6.